The molecule has 2 aromatic carbocycles. The number of benzene rings is 2. The van der Waals surface area contributed by atoms with Crippen molar-refractivity contribution in [3.63, 3.8) is 0 Å². The number of carbonyl (C=O) groups excluding carboxylic acids is 2. The molecule has 1 heterocycles. The van der Waals surface area contributed by atoms with Gasteiger partial charge >= 0.3 is 6.03 Å². The normalized spacial score (nSPS) is 19.4. The van der Waals surface area contributed by atoms with Crippen LogP contribution in [-0.2, 0) is 4.79 Å². The summed E-state index contributed by atoms with van der Waals surface area (Å²) in [5.41, 5.74) is 12.9. The molecule has 0 bridgehead atoms. The van der Waals surface area contributed by atoms with Crippen molar-refractivity contribution >= 4 is 23.3 Å². The Kier molecular flexibility index (Phi) is 4.92. The average molecular weight is 343 g/mol. The lowest BCUT2D eigenvalue weighted by Gasteiger charge is -2.18. The molecule has 1 fully saturated rings. The molecule has 0 saturated carbocycles. The van der Waals surface area contributed by atoms with Gasteiger partial charge in [0.25, 0.3) is 0 Å². The number of hydrogen-bond donors (Lipinski definition) is 5. The SMILES string of the molecule is NC(=O)Nc1cccc(NC(=O)C2CNNC2c2ccc(F)cc2)c1. The fraction of sp³-hybridized carbons (Fsp3) is 0.176. The van der Waals surface area contributed by atoms with E-state index in [2.05, 4.69) is 21.5 Å². The van der Waals surface area contributed by atoms with Gasteiger partial charge in [0.05, 0.1) is 12.0 Å². The number of primary amides is 1. The van der Waals surface area contributed by atoms with E-state index in [0.717, 1.165) is 5.56 Å². The van der Waals surface area contributed by atoms with Gasteiger partial charge in [-0.05, 0) is 35.9 Å². The summed E-state index contributed by atoms with van der Waals surface area (Å²) in [6.07, 6.45) is 0. The molecule has 1 aliphatic heterocycles. The lowest BCUT2D eigenvalue weighted by molar-refractivity contribution is -0.119. The van der Waals surface area contributed by atoms with Crippen LogP contribution in [0.5, 0.6) is 0 Å². The number of hydrazine groups is 1. The number of halogens is 1. The zero-order valence-corrected chi connectivity index (χ0v) is 13.3. The van der Waals surface area contributed by atoms with Crippen LogP contribution in [0, 0.1) is 11.7 Å². The molecular weight excluding hydrogens is 325 g/mol. The van der Waals surface area contributed by atoms with Gasteiger partial charge in [-0.2, -0.15) is 0 Å². The minimum atomic E-state index is -0.677. The second-order valence-electron chi connectivity index (χ2n) is 5.72. The van der Waals surface area contributed by atoms with Crippen molar-refractivity contribution < 1.29 is 14.0 Å². The molecule has 0 aliphatic carbocycles. The maximum absolute atomic E-state index is 13.1. The van der Waals surface area contributed by atoms with Crippen LogP contribution in [-0.4, -0.2) is 18.5 Å². The van der Waals surface area contributed by atoms with Crippen molar-refractivity contribution in [3.05, 3.63) is 59.9 Å². The molecule has 0 spiro atoms. The summed E-state index contributed by atoms with van der Waals surface area (Å²) in [5.74, 6) is -0.893. The van der Waals surface area contributed by atoms with Gasteiger partial charge < -0.3 is 16.4 Å². The van der Waals surface area contributed by atoms with E-state index < -0.39 is 6.03 Å². The van der Waals surface area contributed by atoms with E-state index in [0.29, 0.717) is 17.9 Å². The van der Waals surface area contributed by atoms with E-state index >= 15 is 0 Å². The van der Waals surface area contributed by atoms with Crippen molar-refractivity contribution in [1.29, 1.82) is 0 Å². The summed E-state index contributed by atoms with van der Waals surface area (Å²) < 4.78 is 13.1. The molecule has 1 aliphatic rings. The Labute approximate surface area is 143 Å². The predicted octanol–water partition coefficient (Wildman–Crippen LogP) is 1.72. The smallest absolute Gasteiger partial charge is 0.316 e. The predicted molar refractivity (Wildman–Crippen MR) is 92.0 cm³/mol. The maximum Gasteiger partial charge on any atom is 0.316 e. The summed E-state index contributed by atoms with van der Waals surface area (Å²) in [7, 11) is 0. The van der Waals surface area contributed by atoms with Crippen molar-refractivity contribution in [2.75, 3.05) is 17.2 Å². The number of carbonyl (C=O) groups is 2. The summed E-state index contributed by atoms with van der Waals surface area (Å²) in [6, 6.07) is 11.8. The maximum atomic E-state index is 13.1. The molecule has 25 heavy (non-hydrogen) atoms. The first kappa shape index (κ1) is 16.9. The first-order valence-electron chi connectivity index (χ1n) is 7.74. The van der Waals surface area contributed by atoms with E-state index in [9.17, 15) is 14.0 Å². The lowest BCUT2D eigenvalue weighted by atomic mass is 9.94. The first-order valence-corrected chi connectivity index (χ1v) is 7.74. The average Bonchev–Trinajstić information content (AvgIpc) is 3.05. The van der Waals surface area contributed by atoms with Gasteiger partial charge in [0, 0.05) is 17.9 Å². The van der Waals surface area contributed by atoms with E-state index in [4.69, 9.17) is 5.73 Å². The summed E-state index contributed by atoms with van der Waals surface area (Å²) in [6.45, 7) is 0.438. The van der Waals surface area contributed by atoms with Gasteiger partial charge in [-0.1, -0.05) is 18.2 Å². The Morgan fingerprint density at radius 1 is 1.08 bits per heavy atom. The van der Waals surface area contributed by atoms with Crippen LogP contribution in [0.4, 0.5) is 20.6 Å². The molecule has 0 aromatic heterocycles. The number of nitrogens with one attached hydrogen (secondary N) is 4. The third kappa shape index (κ3) is 4.11. The second kappa shape index (κ2) is 7.29. The Balaban J connectivity index is 1.72. The third-order valence-electron chi connectivity index (χ3n) is 3.95. The van der Waals surface area contributed by atoms with Gasteiger partial charge in [-0.25, -0.2) is 14.6 Å². The highest BCUT2D eigenvalue weighted by atomic mass is 19.1. The van der Waals surface area contributed by atoms with Crippen LogP contribution in [0.2, 0.25) is 0 Å². The molecular formula is C17H18FN5O2. The Morgan fingerprint density at radius 3 is 2.44 bits per heavy atom. The quantitative estimate of drug-likeness (QED) is 0.582. The van der Waals surface area contributed by atoms with Gasteiger partial charge in [-0.15, -0.1) is 0 Å². The molecule has 3 amide bonds. The molecule has 2 atom stereocenters. The largest absolute Gasteiger partial charge is 0.351 e. The molecule has 8 heteroatoms. The van der Waals surface area contributed by atoms with Gasteiger partial charge in [0.15, 0.2) is 0 Å². The Morgan fingerprint density at radius 2 is 1.76 bits per heavy atom. The van der Waals surface area contributed by atoms with E-state index in [1.54, 1.807) is 36.4 Å². The van der Waals surface area contributed by atoms with Crippen molar-refractivity contribution in [2.24, 2.45) is 11.7 Å². The number of hydrogen-bond acceptors (Lipinski definition) is 4. The molecule has 1 saturated heterocycles. The fourth-order valence-electron chi connectivity index (χ4n) is 2.78. The summed E-state index contributed by atoms with van der Waals surface area (Å²) >= 11 is 0. The van der Waals surface area contributed by atoms with E-state index in [-0.39, 0.29) is 23.7 Å². The molecule has 2 unspecified atom stereocenters. The van der Waals surface area contributed by atoms with Crippen molar-refractivity contribution in [1.82, 2.24) is 10.9 Å². The summed E-state index contributed by atoms with van der Waals surface area (Å²) in [5, 5.41) is 5.28. The minimum absolute atomic E-state index is 0.192. The highest BCUT2D eigenvalue weighted by Crippen LogP contribution is 2.26. The number of nitrogens with two attached hydrogens (primary N) is 1. The molecule has 3 rings (SSSR count). The number of amides is 3. The molecule has 6 N–H and O–H groups in total. The van der Waals surface area contributed by atoms with E-state index in [1.165, 1.54) is 12.1 Å². The van der Waals surface area contributed by atoms with Gasteiger partial charge in [0.1, 0.15) is 5.82 Å². The van der Waals surface area contributed by atoms with E-state index in [1.807, 2.05) is 0 Å². The monoisotopic (exact) mass is 343 g/mol. The lowest BCUT2D eigenvalue weighted by Crippen LogP contribution is -2.29. The first-order chi connectivity index (χ1) is 12.0. The Bertz CT molecular complexity index is 781. The van der Waals surface area contributed by atoms with Crippen LogP contribution in [0.15, 0.2) is 48.5 Å². The van der Waals surface area contributed by atoms with Crippen molar-refractivity contribution in [3.8, 4) is 0 Å². The standard InChI is InChI=1S/C17H18FN5O2/c18-11-6-4-10(5-7-11)15-14(9-20-23-15)16(24)21-12-2-1-3-13(8-12)22-17(19)25/h1-8,14-15,20,23H,9H2,(H,21,24)(H3,19,22,25). The fourth-order valence-corrected chi connectivity index (χ4v) is 2.78. The zero-order chi connectivity index (χ0) is 17.8. The van der Waals surface area contributed by atoms with Crippen LogP contribution in [0.3, 0.4) is 0 Å². The number of urea groups is 1. The van der Waals surface area contributed by atoms with Gasteiger partial charge in [0.2, 0.25) is 5.91 Å². The van der Waals surface area contributed by atoms with Crippen LogP contribution >= 0.6 is 0 Å². The van der Waals surface area contributed by atoms with Crippen molar-refractivity contribution in [2.45, 2.75) is 6.04 Å². The van der Waals surface area contributed by atoms with Crippen LogP contribution in [0.25, 0.3) is 0 Å². The van der Waals surface area contributed by atoms with Gasteiger partial charge in [-0.3, -0.25) is 10.2 Å². The molecule has 0 radical (unpaired) electrons. The number of rotatable bonds is 4. The topological polar surface area (TPSA) is 108 Å². The minimum Gasteiger partial charge on any atom is -0.351 e. The highest BCUT2D eigenvalue weighted by Gasteiger charge is 2.34. The third-order valence-corrected chi connectivity index (χ3v) is 3.95. The van der Waals surface area contributed by atoms with Crippen LogP contribution < -0.4 is 27.2 Å². The highest BCUT2D eigenvalue weighted by molar-refractivity contribution is 5.95. The molecule has 7 nitrogen and oxygen atoms in total. The Hall–Kier alpha value is -2.97. The molecule has 2 aromatic rings. The number of anilines is 2. The van der Waals surface area contributed by atoms with Crippen LogP contribution in [0.1, 0.15) is 11.6 Å². The second-order valence-corrected chi connectivity index (χ2v) is 5.72. The zero-order valence-electron chi connectivity index (χ0n) is 13.3. The summed E-state index contributed by atoms with van der Waals surface area (Å²) in [4.78, 5) is 23.5. The molecule has 130 valence electrons.